The van der Waals surface area contributed by atoms with E-state index in [-0.39, 0.29) is 10.8 Å². The molecule has 0 saturated heterocycles. The van der Waals surface area contributed by atoms with Crippen LogP contribution in [0.15, 0.2) is 18.2 Å². The van der Waals surface area contributed by atoms with Crippen LogP contribution in [0, 0.1) is 0 Å². The average Bonchev–Trinajstić information content (AvgIpc) is 2.19. The van der Waals surface area contributed by atoms with Crippen LogP contribution in [0.2, 0.25) is 5.02 Å². The standard InChI is InChI=1S/C9H9ClF2O3/c10-6-3-5(7(14)4-13)1-2-8(6)15-9(11)12/h1-3,7,9,13-14H,4H2. The van der Waals surface area contributed by atoms with Gasteiger partial charge in [0, 0.05) is 0 Å². The molecule has 0 amide bonds. The lowest BCUT2D eigenvalue weighted by Gasteiger charge is -2.10. The summed E-state index contributed by atoms with van der Waals surface area (Å²) in [6, 6.07) is 3.83. The van der Waals surface area contributed by atoms with E-state index in [0.717, 1.165) is 0 Å². The van der Waals surface area contributed by atoms with Gasteiger partial charge in [-0.05, 0) is 17.7 Å². The molecule has 0 aliphatic carbocycles. The predicted molar refractivity (Wildman–Crippen MR) is 50.1 cm³/mol. The fourth-order valence-corrected chi connectivity index (χ4v) is 1.25. The van der Waals surface area contributed by atoms with Gasteiger partial charge in [0.15, 0.2) is 0 Å². The van der Waals surface area contributed by atoms with Gasteiger partial charge in [-0.1, -0.05) is 17.7 Å². The molecule has 0 bridgehead atoms. The molecule has 2 N–H and O–H groups in total. The van der Waals surface area contributed by atoms with Gasteiger partial charge < -0.3 is 14.9 Å². The molecule has 0 aliphatic rings. The molecule has 1 unspecified atom stereocenters. The second kappa shape index (κ2) is 5.25. The fraction of sp³-hybridized carbons (Fsp3) is 0.333. The lowest BCUT2D eigenvalue weighted by molar-refractivity contribution is -0.0498. The summed E-state index contributed by atoms with van der Waals surface area (Å²) >= 11 is 5.62. The predicted octanol–water partition coefficient (Wildman–Crippen LogP) is 1.97. The van der Waals surface area contributed by atoms with Crippen molar-refractivity contribution in [1.82, 2.24) is 0 Å². The average molecular weight is 239 g/mol. The highest BCUT2D eigenvalue weighted by Gasteiger charge is 2.12. The molecule has 0 saturated carbocycles. The number of hydrogen-bond acceptors (Lipinski definition) is 3. The zero-order chi connectivity index (χ0) is 11.4. The van der Waals surface area contributed by atoms with Crippen LogP contribution in [0.4, 0.5) is 8.78 Å². The van der Waals surface area contributed by atoms with E-state index in [1.807, 2.05) is 0 Å². The number of ether oxygens (including phenoxy) is 1. The van der Waals surface area contributed by atoms with Gasteiger partial charge in [-0.15, -0.1) is 0 Å². The van der Waals surface area contributed by atoms with Crippen molar-refractivity contribution in [2.45, 2.75) is 12.7 Å². The van der Waals surface area contributed by atoms with E-state index in [0.29, 0.717) is 5.56 Å². The molecule has 6 heteroatoms. The van der Waals surface area contributed by atoms with Crippen LogP contribution in [-0.2, 0) is 0 Å². The van der Waals surface area contributed by atoms with Crippen LogP contribution in [0.25, 0.3) is 0 Å². The number of rotatable bonds is 4. The highest BCUT2D eigenvalue weighted by molar-refractivity contribution is 6.32. The molecule has 0 spiro atoms. The molecule has 15 heavy (non-hydrogen) atoms. The lowest BCUT2D eigenvalue weighted by Crippen LogP contribution is -2.05. The Bertz CT molecular complexity index is 333. The van der Waals surface area contributed by atoms with Crippen LogP contribution in [0.1, 0.15) is 11.7 Å². The molecule has 0 aliphatic heterocycles. The Balaban J connectivity index is 2.88. The summed E-state index contributed by atoms with van der Waals surface area (Å²) in [7, 11) is 0. The first-order chi connectivity index (χ1) is 7.04. The summed E-state index contributed by atoms with van der Waals surface area (Å²) in [4.78, 5) is 0. The Morgan fingerprint density at radius 2 is 2.07 bits per heavy atom. The second-order valence-electron chi connectivity index (χ2n) is 2.77. The Morgan fingerprint density at radius 1 is 1.40 bits per heavy atom. The fourth-order valence-electron chi connectivity index (χ4n) is 1.02. The number of alkyl halides is 2. The van der Waals surface area contributed by atoms with Crippen LogP contribution in [-0.4, -0.2) is 23.4 Å². The van der Waals surface area contributed by atoms with Crippen molar-refractivity contribution < 1.29 is 23.7 Å². The molecule has 1 aromatic carbocycles. The molecular weight excluding hydrogens is 230 g/mol. The third-order valence-corrected chi connectivity index (χ3v) is 2.03. The monoisotopic (exact) mass is 238 g/mol. The maximum Gasteiger partial charge on any atom is 0.387 e. The lowest BCUT2D eigenvalue weighted by atomic mass is 10.1. The minimum atomic E-state index is -2.95. The summed E-state index contributed by atoms with van der Waals surface area (Å²) in [5.74, 6) is -0.166. The topological polar surface area (TPSA) is 49.7 Å². The number of halogens is 3. The number of aliphatic hydroxyl groups excluding tert-OH is 2. The molecule has 84 valence electrons. The van der Waals surface area contributed by atoms with Crippen LogP contribution < -0.4 is 4.74 Å². The summed E-state index contributed by atoms with van der Waals surface area (Å²) in [6.07, 6.45) is -1.08. The second-order valence-corrected chi connectivity index (χ2v) is 3.17. The number of hydrogen-bond donors (Lipinski definition) is 2. The highest BCUT2D eigenvalue weighted by Crippen LogP contribution is 2.28. The largest absolute Gasteiger partial charge is 0.433 e. The van der Waals surface area contributed by atoms with Crippen molar-refractivity contribution in [3.8, 4) is 5.75 Å². The Kier molecular flexibility index (Phi) is 4.26. The molecule has 0 fully saturated rings. The summed E-state index contributed by atoms with van der Waals surface area (Å²) in [5, 5.41) is 17.8. The number of aliphatic hydroxyl groups is 2. The van der Waals surface area contributed by atoms with E-state index in [4.69, 9.17) is 16.7 Å². The van der Waals surface area contributed by atoms with E-state index in [2.05, 4.69) is 4.74 Å². The van der Waals surface area contributed by atoms with Gasteiger partial charge in [0.1, 0.15) is 11.9 Å². The zero-order valence-corrected chi connectivity index (χ0v) is 8.29. The molecule has 3 nitrogen and oxygen atoms in total. The Hall–Kier alpha value is -0.910. The number of benzene rings is 1. The molecule has 0 heterocycles. The minimum absolute atomic E-state index is 0.0414. The van der Waals surface area contributed by atoms with Gasteiger partial charge in [-0.2, -0.15) is 8.78 Å². The van der Waals surface area contributed by atoms with Crippen molar-refractivity contribution in [2.75, 3.05) is 6.61 Å². The van der Waals surface area contributed by atoms with Gasteiger partial charge >= 0.3 is 6.61 Å². The van der Waals surface area contributed by atoms with Crippen LogP contribution in [0.5, 0.6) is 5.75 Å². The van der Waals surface area contributed by atoms with Crippen molar-refractivity contribution in [1.29, 1.82) is 0 Å². The molecular formula is C9H9ClF2O3. The van der Waals surface area contributed by atoms with E-state index in [9.17, 15) is 13.9 Å². The molecule has 1 aromatic rings. The van der Waals surface area contributed by atoms with Crippen molar-refractivity contribution in [2.24, 2.45) is 0 Å². The van der Waals surface area contributed by atoms with E-state index >= 15 is 0 Å². The smallest absolute Gasteiger partial charge is 0.387 e. The minimum Gasteiger partial charge on any atom is -0.433 e. The third-order valence-electron chi connectivity index (χ3n) is 1.73. The normalized spacial score (nSPS) is 12.9. The van der Waals surface area contributed by atoms with Crippen LogP contribution >= 0.6 is 11.6 Å². The van der Waals surface area contributed by atoms with Crippen molar-refractivity contribution in [3.05, 3.63) is 28.8 Å². The molecule has 1 atom stereocenters. The Labute approximate surface area is 89.9 Å². The summed E-state index contributed by atoms with van der Waals surface area (Å²) < 4.78 is 27.8. The maximum absolute atomic E-state index is 11.9. The van der Waals surface area contributed by atoms with E-state index < -0.39 is 19.3 Å². The molecule has 0 radical (unpaired) electrons. The van der Waals surface area contributed by atoms with Gasteiger partial charge in [0.25, 0.3) is 0 Å². The van der Waals surface area contributed by atoms with Gasteiger partial charge in [0.05, 0.1) is 11.6 Å². The van der Waals surface area contributed by atoms with Crippen molar-refractivity contribution in [3.63, 3.8) is 0 Å². The van der Waals surface area contributed by atoms with Crippen LogP contribution in [0.3, 0.4) is 0 Å². The quantitative estimate of drug-likeness (QED) is 0.843. The van der Waals surface area contributed by atoms with Gasteiger partial charge in [-0.3, -0.25) is 0 Å². The molecule has 0 aromatic heterocycles. The van der Waals surface area contributed by atoms with Gasteiger partial charge in [0.2, 0.25) is 0 Å². The third kappa shape index (κ3) is 3.30. The first-order valence-electron chi connectivity index (χ1n) is 4.07. The first kappa shape index (κ1) is 12.2. The maximum atomic E-state index is 11.9. The zero-order valence-electron chi connectivity index (χ0n) is 7.53. The first-order valence-corrected chi connectivity index (χ1v) is 4.45. The Morgan fingerprint density at radius 3 is 2.53 bits per heavy atom. The summed E-state index contributed by atoms with van der Waals surface area (Å²) in [6.45, 7) is -3.41. The highest BCUT2D eigenvalue weighted by atomic mass is 35.5. The van der Waals surface area contributed by atoms with Crippen molar-refractivity contribution >= 4 is 11.6 Å². The SMILES string of the molecule is OCC(O)c1ccc(OC(F)F)c(Cl)c1. The van der Waals surface area contributed by atoms with Gasteiger partial charge in [-0.25, -0.2) is 0 Å². The van der Waals surface area contributed by atoms with E-state index in [1.54, 1.807) is 0 Å². The molecule has 1 rings (SSSR count). The summed E-state index contributed by atoms with van der Waals surface area (Å²) in [5.41, 5.74) is 0.337. The van der Waals surface area contributed by atoms with E-state index in [1.165, 1.54) is 18.2 Å².